The Morgan fingerprint density at radius 3 is 2.58 bits per heavy atom. The van der Waals surface area contributed by atoms with Crippen molar-refractivity contribution >= 4 is 27.0 Å². The lowest BCUT2D eigenvalue weighted by Gasteiger charge is -2.09. The van der Waals surface area contributed by atoms with E-state index in [4.69, 9.17) is 0 Å². The zero-order valence-corrected chi connectivity index (χ0v) is 12.1. The van der Waals surface area contributed by atoms with Crippen LogP contribution >= 0.6 is 11.3 Å². The van der Waals surface area contributed by atoms with Crippen molar-refractivity contribution in [2.24, 2.45) is 0 Å². The number of hydrogen-bond acceptors (Lipinski definition) is 4. The van der Waals surface area contributed by atoms with Crippen molar-refractivity contribution in [3.05, 3.63) is 46.8 Å². The largest absolute Gasteiger partial charge is 0.392 e. The van der Waals surface area contributed by atoms with Crippen molar-refractivity contribution < 1.29 is 13.5 Å². The SMILES string of the molecule is CCc1ccc(S(=O)(=O)Nc2ccccc2CO)s1. The third-order valence-electron chi connectivity index (χ3n) is 2.68. The molecule has 0 saturated heterocycles. The zero-order valence-electron chi connectivity index (χ0n) is 10.5. The van der Waals surface area contributed by atoms with E-state index >= 15 is 0 Å². The van der Waals surface area contributed by atoms with Crippen LogP contribution in [0.1, 0.15) is 17.4 Å². The smallest absolute Gasteiger partial charge is 0.271 e. The molecule has 102 valence electrons. The van der Waals surface area contributed by atoms with Crippen LogP contribution in [-0.2, 0) is 23.1 Å². The number of benzene rings is 1. The lowest BCUT2D eigenvalue weighted by molar-refractivity contribution is 0.282. The number of sulfonamides is 1. The van der Waals surface area contributed by atoms with Crippen molar-refractivity contribution in [3.8, 4) is 0 Å². The summed E-state index contributed by atoms with van der Waals surface area (Å²) in [6.45, 7) is 1.78. The normalized spacial score (nSPS) is 11.5. The molecular weight excluding hydrogens is 282 g/mol. The first-order valence-corrected chi connectivity index (χ1v) is 8.17. The van der Waals surface area contributed by atoms with Crippen molar-refractivity contribution in [2.75, 3.05) is 4.72 Å². The molecule has 0 aliphatic heterocycles. The Bertz CT molecular complexity index is 662. The summed E-state index contributed by atoms with van der Waals surface area (Å²) in [6, 6.07) is 10.2. The average Bonchev–Trinajstić information content (AvgIpc) is 2.88. The molecule has 2 aromatic rings. The average molecular weight is 297 g/mol. The predicted molar refractivity (Wildman–Crippen MR) is 76.9 cm³/mol. The monoisotopic (exact) mass is 297 g/mol. The molecule has 0 amide bonds. The van der Waals surface area contributed by atoms with Gasteiger partial charge in [0.2, 0.25) is 0 Å². The Morgan fingerprint density at radius 2 is 1.95 bits per heavy atom. The van der Waals surface area contributed by atoms with Crippen LogP contribution in [0.4, 0.5) is 5.69 Å². The minimum absolute atomic E-state index is 0.205. The Hall–Kier alpha value is -1.37. The van der Waals surface area contributed by atoms with Crippen LogP contribution in [0.3, 0.4) is 0 Å². The predicted octanol–water partition coefficient (Wildman–Crippen LogP) is 2.60. The van der Waals surface area contributed by atoms with Crippen LogP contribution < -0.4 is 4.72 Å². The fourth-order valence-electron chi connectivity index (χ4n) is 1.65. The van der Waals surface area contributed by atoms with Crippen molar-refractivity contribution in [1.82, 2.24) is 0 Å². The van der Waals surface area contributed by atoms with Gasteiger partial charge in [0.25, 0.3) is 10.0 Å². The summed E-state index contributed by atoms with van der Waals surface area (Å²) in [5, 5.41) is 9.20. The Labute approximate surface area is 116 Å². The number of hydrogen-bond donors (Lipinski definition) is 2. The summed E-state index contributed by atoms with van der Waals surface area (Å²) in [6.07, 6.45) is 0.813. The van der Waals surface area contributed by atoms with E-state index < -0.39 is 10.0 Å². The summed E-state index contributed by atoms with van der Waals surface area (Å²) in [7, 11) is -3.58. The number of anilines is 1. The minimum Gasteiger partial charge on any atom is -0.392 e. The second-order valence-electron chi connectivity index (χ2n) is 4.00. The third kappa shape index (κ3) is 3.15. The van der Waals surface area contributed by atoms with E-state index in [9.17, 15) is 13.5 Å². The highest BCUT2D eigenvalue weighted by Crippen LogP contribution is 2.25. The molecule has 1 aromatic heterocycles. The molecule has 0 atom stereocenters. The number of aliphatic hydroxyl groups is 1. The van der Waals surface area contributed by atoms with Crippen LogP contribution in [0, 0.1) is 0 Å². The maximum absolute atomic E-state index is 12.2. The number of rotatable bonds is 5. The van der Waals surface area contributed by atoms with Gasteiger partial charge in [-0.05, 0) is 24.6 Å². The maximum atomic E-state index is 12.2. The van der Waals surface area contributed by atoms with Crippen LogP contribution in [-0.4, -0.2) is 13.5 Å². The van der Waals surface area contributed by atoms with Gasteiger partial charge >= 0.3 is 0 Å². The van der Waals surface area contributed by atoms with Gasteiger partial charge in [0.1, 0.15) is 4.21 Å². The summed E-state index contributed by atoms with van der Waals surface area (Å²) in [4.78, 5) is 1.02. The molecule has 1 heterocycles. The van der Waals surface area contributed by atoms with Gasteiger partial charge in [-0.3, -0.25) is 4.72 Å². The Morgan fingerprint density at radius 1 is 1.21 bits per heavy atom. The van der Waals surface area contributed by atoms with Gasteiger partial charge in [0, 0.05) is 10.4 Å². The van der Waals surface area contributed by atoms with Crippen LogP contribution in [0.5, 0.6) is 0 Å². The Balaban J connectivity index is 2.31. The summed E-state index contributed by atoms with van der Waals surface area (Å²) < 4.78 is 27.2. The molecule has 6 heteroatoms. The molecule has 0 unspecified atom stereocenters. The lowest BCUT2D eigenvalue weighted by Crippen LogP contribution is -2.12. The molecule has 0 fully saturated rings. The summed E-state index contributed by atoms with van der Waals surface area (Å²) >= 11 is 1.26. The van der Waals surface area contributed by atoms with E-state index in [2.05, 4.69) is 4.72 Å². The molecule has 0 radical (unpaired) electrons. The second-order valence-corrected chi connectivity index (χ2v) is 7.07. The van der Waals surface area contributed by atoms with Crippen molar-refractivity contribution in [2.45, 2.75) is 24.2 Å². The molecule has 0 aliphatic carbocycles. The first kappa shape index (κ1) is 14.0. The van der Waals surface area contributed by atoms with E-state index in [1.807, 2.05) is 13.0 Å². The molecule has 0 aliphatic rings. The van der Waals surface area contributed by atoms with Gasteiger partial charge in [-0.1, -0.05) is 25.1 Å². The fraction of sp³-hybridized carbons (Fsp3) is 0.231. The minimum atomic E-state index is -3.58. The molecule has 19 heavy (non-hydrogen) atoms. The highest BCUT2D eigenvalue weighted by atomic mass is 32.2. The number of para-hydroxylation sites is 1. The lowest BCUT2D eigenvalue weighted by atomic mass is 10.2. The number of nitrogens with one attached hydrogen (secondary N) is 1. The highest BCUT2D eigenvalue weighted by molar-refractivity contribution is 7.94. The van der Waals surface area contributed by atoms with Gasteiger partial charge in [-0.2, -0.15) is 0 Å². The van der Waals surface area contributed by atoms with Crippen LogP contribution in [0.25, 0.3) is 0 Å². The molecule has 0 spiro atoms. The van der Waals surface area contributed by atoms with E-state index in [0.29, 0.717) is 11.3 Å². The van der Waals surface area contributed by atoms with Crippen molar-refractivity contribution in [1.29, 1.82) is 0 Å². The topological polar surface area (TPSA) is 66.4 Å². The molecule has 0 saturated carbocycles. The molecule has 4 nitrogen and oxygen atoms in total. The van der Waals surface area contributed by atoms with Crippen LogP contribution in [0.15, 0.2) is 40.6 Å². The first-order valence-electron chi connectivity index (χ1n) is 5.87. The van der Waals surface area contributed by atoms with E-state index in [0.717, 1.165) is 11.3 Å². The van der Waals surface area contributed by atoms with Gasteiger partial charge in [0.15, 0.2) is 0 Å². The van der Waals surface area contributed by atoms with Gasteiger partial charge in [-0.25, -0.2) is 8.42 Å². The maximum Gasteiger partial charge on any atom is 0.271 e. The van der Waals surface area contributed by atoms with E-state index in [1.54, 1.807) is 30.3 Å². The molecule has 0 bridgehead atoms. The fourth-order valence-corrected chi connectivity index (χ4v) is 4.04. The summed E-state index contributed by atoms with van der Waals surface area (Å²) in [5.41, 5.74) is 0.967. The quantitative estimate of drug-likeness (QED) is 0.891. The third-order valence-corrected chi connectivity index (χ3v) is 5.77. The number of aliphatic hydroxyl groups excluding tert-OH is 1. The summed E-state index contributed by atoms with van der Waals surface area (Å²) in [5.74, 6) is 0. The van der Waals surface area contributed by atoms with Crippen LogP contribution in [0.2, 0.25) is 0 Å². The second kappa shape index (κ2) is 5.73. The number of thiophene rings is 1. The Kier molecular flexibility index (Phi) is 4.24. The highest BCUT2D eigenvalue weighted by Gasteiger charge is 2.17. The van der Waals surface area contributed by atoms with Gasteiger partial charge < -0.3 is 5.11 Å². The van der Waals surface area contributed by atoms with Crippen molar-refractivity contribution in [3.63, 3.8) is 0 Å². The zero-order chi connectivity index (χ0) is 13.9. The van der Waals surface area contributed by atoms with Gasteiger partial charge in [0.05, 0.1) is 12.3 Å². The molecular formula is C13H15NO3S2. The first-order chi connectivity index (χ1) is 9.06. The molecule has 2 rings (SSSR count). The molecule has 1 aromatic carbocycles. The van der Waals surface area contributed by atoms with Gasteiger partial charge in [-0.15, -0.1) is 11.3 Å². The number of aryl methyl sites for hydroxylation is 1. The van der Waals surface area contributed by atoms with E-state index in [-0.39, 0.29) is 10.8 Å². The van der Waals surface area contributed by atoms with E-state index in [1.165, 1.54) is 11.3 Å². The molecule has 2 N–H and O–H groups in total. The standard InChI is InChI=1S/C13H15NO3S2/c1-2-11-7-8-13(18-11)19(16,17)14-12-6-4-3-5-10(12)9-15/h3-8,14-15H,2,9H2,1H3.